The van der Waals surface area contributed by atoms with Crippen molar-refractivity contribution in [1.82, 2.24) is 4.57 Å². The van der Waals surface area contributed by atoms with E-state index in [-0.39, 0.29) is 6.79 Å². The molecule has 0 fully saturated rings. The molecule has 0 aliphatic carbocycles. The third kappa shape index (κ3) is 2.06. The largest absolute Gasteiger partial charge is 0.454 e. The van der Waals surface area contributed by atoms with Crippen LogP contribution >= 0.6 is 0 Å². The number of hydrogen-bond donors (Lipinski definition) is 0. The molecule has 2 aromatic rings. The minimum Gasteiger partial charge on any atom is -0.454 e. The van der Waals surface area contributed by atoms with E-state index in [2.05, 4.69) is 6.07 Å². The SMILES string of the molecule is Cn1cccc1C(C#N)=Cc1ccc2c(c1)OCO2. The molecule has 0 atom stereocenters. The molecule has 3 rings (SSSR count). The van der Waals surface area contributed by atoms with Gasteiger partial charge in [0.1, 0.15) is 6.07 Å². The van der Waals surface area contributed by atoms with E-state index in [1.54, 1.807) is 0 Å². The summed E-state index contributed by atoms with van der Waals surface area (Å²) >= 11 is 0. The Hall–Kier alpha value is -2.67. The number of benzene rings is 1. The van der Waals surface area contributed by atoms with Crippen molar-refractivity contribution in [3.63, 3.8) is 0 Å². The number of allylic oxidation sites excluding steroid dienone is 1. The highest BCUT2D eigenvalue weighted by atomic mass is 16.7. The molecular weight excluding hydrogens is 240 g/mol. The average molecular weight is 252 g/mol. The molecule has 19 heavy (non-hydrogen) atoms. The Morgan fingerprint density at radius 2 is 2.16 bits per heavy atom. The van der Waals surface area contributed by atoms with Gasteiger partial charge in [0.25, 0.3) is 0 Å². The molecule has 4 nitrogen and oxygen atoms in total. The maximum atomic E-state index is 9.29. The Bertz CT molecular complexity index is 692. The molecule has 0 saturated heterocycles. The maximum absolute atomic E-state index is 9.29. The van der Waals surface area contributed by atoms with E-state index in [0.717, 1.165) is 22.8 Å². The second kappa shape index (κ2) is 4.54. The van der Waals surface area contributed by atoms with Gasteiger partial charge in [-0.15, -0.1) is 0 Å². The molecule has 1 aromatic carbocycles. The minimum absolute atomic E-state index is 0.255. The Labute approximate surface area is 111 Å². The summed E-state index contributed by atoms with van der Waals surface area (Å²) in [6.07, 6.45) is 3.76. The summed E-state index contributed by atoms with van der Waals surface area (Å²) in [4.78, 5) is 0. The van der Waals surface area contributed by atoms with Crippen molar-refractivity contribution in [2.75, 3.05) is 6.79 Å². The van der Waals surface area contributed by atoms with Crippen LogP contribution in [0, 0.1) is 11.3 Å². The van der Waals surface area contributed by atoms with Crippen LogP contribution in [0.4, 0.5) is 0 Å². The van der Waals surface area contributed by atoms with Crippen molar-refractivity contribution in [2.45, 2.75) is 0 Å². The van der Waals surface area contributed by atoms with E-state index in [4.69, 9.17) is 9.47 Å². The third-order valence-corrected chi connectivity index (χ3v) is 3.05. The van der Waals surface area contributed by atoms with Gasteiger partial charge < -0.3 is 14.0 Å². The molecule has 0 unspecified atom stereocenters. The Balaban J connectivity index is 2.00. The summed E-state index contributed by atoms with van der Waals surface area (Å²) in [5, 5.41) is 9.29. The smallest absolute Gasteiger partial charge is 0.231 e. The number of aryl methyl sites for hydroxylation is 1. The molecule has 4 heteroatoms. The first-order valence-corrected chi connectivity index (χ1v) is 5.91. The Kier molecular flexibility index (Phi) is 2.73. The average Bonchev–Trinajstić information content (AvgIpc) is 3.04. The normalized spacial score (nSPS) is 13.4. The van der Waals surface area contributed by atoms with Crippen LogP contribution in [0.1, 0.15) is 11.3 Å². The molecule has 0 N–H and O–H groups in total. The van der Waals surface area contributed by atoms with Crippen molar-refractivity contribution >= 4 is 11.6 Å². The molecule has 1 aliphatic heterocycles. The van der Waals surface area contributed by atoms with E-state index in [0.29, 0.717) is 5.57 Å². The second-order valence-electron chi connectivity index (χ2n) is 4.29. The monoisotopic (exact) mass is 252 g/mol. The van der Waals surface area contributed by atoms with Crippen LogP contribution in [0.5, 0.6) is 11.5 Å². The summed E-state index contributed by atoms with van der Waals surface area (Å²) in [6, 6.07) is 11.7. The van der Waals surface area contributed by atoms with Gasteiger partial charge in [0.15, 0.2) is 11.5 Å². The minimum atomic E-state index is 0.255. The van der Waals surface area contributed by atoms with E-state index in [9.17, 15) is 5.26 Å². The lowest BCUT2D eigenvalue weighted by molar-refractivity contribution is 0.174. The lowest BCUT2D eigenvalue weighted by Gasteiger charge is -2.02. The van der Waals surface area contributed by atoms with Crippen molar-refractivity contribution in [3.8, 4) is 17.6 Å². The number of hydrogen-bond acceptors (Lipinski definition) is 3. The summed E-state index contributed by atoms with van der Waals surface area (Å²) in [5.41, 5.74) is 2.42. The second-order valence-corrected chi connectivity index (χ2v) is 4.29. The molecule has 0 saturated carbocycles. The van der Waals surface area contributed by atoms with Crippen molar-refractivity contribution in [1.29, 1.82) is 5.26 Å². The van der Waals surface area contributed by atoms with Gasteiger partial charge in [-0.1, -0.05) is 6.07 Å². The molecule has 0 radical (unpaired) electrons. The molecule has 1 aromatic heterocycles. The number of rotatable bonds is 2. The van der Waals surface area contributed by atoms with Crippen molar-refractivity contribution < 1.29 is 9.47 Å². The molecule has 1 aliphatic rings. The van der Waals surface area contributed by atoms with Gasteiger partial charge >= 0.3 is 0 Å². The Morgan fingerprint density at radius 3 is 2.89 bits per heavy atom. The molecule has 0 spiro atoms. The highest BCUT2D eigenvalue weighted by Gasteiger charge is 2.13. The quantitative estimate of drug-likeness (QED) is 0.772. The van der Waals surface area contributed by atoms with Crippen LogP contribution in [0.3, 0.4) is 0 Å². The van der Waals surface area contributed by atoms with E-state index >= 15 is 0 Å². The molecular formula is C15H12N2O2. The number of ether oxygens (including phenoxy) is 2. The fourth-order valence-corrected chi connectivity index (χ4v) is 2.07. The van der Waals surface area contributed by atoms with Crippen LogP contribution in [0.15, 0.2) is 36.5 Å². The number of nitrogens with zero attached hydrogens (tertiary/aromatic N) is 2. The van der Waals surface area contributed by atoms with Crippen LogP contribution < -0.4 is 9.47 Å². The van der Waals surface area contributed by atoms with Gasteiger partial charge in [-0.3, -0.25) is 0 Å². The number of aromatic nitrogens is 1. The van der Waals surface area contributed by atoms with Gasteiger partial charge in [-0.2, -0.15) is 5.26 Å². The van der Waals surface area contributed by atoms with Crippen molar-refractivity contribution in [3.05, 3.63) is 47.8 Å². The zero-order valence-electron chi connectivity index (χ0n) is 10.5. The number of nitriles is 1. The lowest BCUT2D eigenvalue weighted by Crippen LogP contribution is -1.93. The summed E-state index contributed by atoms with van der Waals surface area (Å²) in [7, 11) is 1.92. The van der Waals surface area contributed by atoms with Gasteiger partial charge in [0.05, 0.1) is 11.3 Å². The van der Waals surface area contributed by atoms with Gasteiger partial charge in [-0.05, 0) is 35.9 Å². The predicted molar refractivity (Wildman–Crippen MR) is 71.5 cm³/mol. The summed E-state index contributed by atoms with van der Waals surface area (Å²) in [5.74, 6) is 1.47. The maximum Gasteiger partial charge on any atom is 0.231 e. The van der Waals surface area contributed by atoms with E-state index in [1.165, 1.54) is 0 Å². The zero-order chi connectivity index (χ0) is 13.2. The predicted octanol–water partition coefficient (Wildman–Crippen LogP) is 2.82. The van der Waals surface area contributed by atoms with Crippen LogP contribution in [0.2, 0.25) is 0 Å². The molecule has 0 bridgehead atoms. The van der Waals surface area contributed by atoms with Gasteiger partial charge in [-0.25, -0.2) is 0 Å². The summed E-state index contributed by atoms with van der Waals surface area (Å²) in [6.45, 7) is 0.255. The first kappa shape index (κ1) is 11.4. The first-order valence-electron chi connectivity index (χ1n) is 5.91. The van der Waals surface area contributed by atoms with Gasteiger partial charge in [0, 0.05) is 13.2 Å². The van der Waals surface area contributed by atoms with Crippen molar-refractivity contribution in [2.24, 2.45) is 7.05 Å². The molecule has 2 heterocycles. The number of fused-ring (bicyclic) bond motifs is 1. The van der Waals surface area contributed by atoms with Gasteiger partial charge in [0.2, 0.25) is 6.79 Å². The highest BCUT2D eigenvalue weighted by molar-refractivity contribution is 5.88. The topological polar surface area (TPSA) is 47.2 Å². The Morgan fingerprint density at radius 1 is 1.32 bits per heavy atom. The lowest BCUT2D eigenvalue weighted by atomic mass is 10.1. The third-order valence-electron chi connectivity index (χ3n) is 3.05. The van der Waals surface area contributed by atoms with E-state index in [1.807, 2.05) is 54.2 Å². The standard InChI is InChI=1S/C15H12N2O2/c1-17-6-2-3-13(17)12(9-16)7-11-4-5-14-15(8-11)19-10-18-14/h2-8H,10H2,1H3. The first-order chi connectivity index (χ1) is 9.28. The van der Waals surface area contributed by atoms with Crippen LogP contribution in [0.25, 0.3) is 11.6 Å². The highest BCUT2D eigenvalue weighted by Crippen LogP contribution is 2.33. The molecule has 0 amide bonds. The van der Waals surface area contributed by atoms with E-state index < -0.39 is 0 Å². The van der Waals surface area contributed by atoms with Crippen LogP contribution in [-0.2, 0) is 7.05 Å². The zero-order valence-corrected chi connectivity index (χ0v) is 10.5. The molecule has 94 valence electrons. The summed E-state index contributed by atoms with van der Waals surface area (Å²) < 4.78 is 12.5. The van der Waals surface area contributed by atoms with Crippen LogP contribution in [-0.4, -0.2) is 11.4 Å². The fraction of sp³-hybridized carbons (Fsp3) is 0.133. The fourth-order valence-electron chi connectivity index (χ4n) is 2.07.